The molecule has 0 saturated heterocycles. The Labute approximate surface area is 177 Å². The average Bonchev–Trinajstić information content (AvgIpc) is 3.35. The van der Waals surface area contributed by atoms with E-state index in [2.05, 4.69) is 15.3 Å². The van der Waals surface area contributed by atoms with E-state index in [1.165, 1.54) is 17.8 Å². The third-order valence-electron chi connectivity index (χ3n) is 4.58. The lowest BCUT2D eigenvalue weighted by Gasteiger charge is -2.06. The van der Waals surface area contributed by atoms with Crippen LogP contribution in [0.4, 0.5) is 5.69 Å². The molecule has 1 amide bonds. The monoisotopic (exact) mass is 414 g/mol. The zero-order chi connectivity index (χ0) is 21.1. The highest BCUT2D eigenvalue weighted by atomic mass is 32.2. The molecule has 0 saturated carbocycles. The number of aromatic nitrogens is 2. The van der Waals surface area contributed by atoms with Gasteiger partial charge in [0.15, 0.2) is 10.2 Å². The smallest absolute Gasteiger partial charge is 0.266 e. The first kappa shape index (κ1) is 19.6. The fourth-order valence-electron chi connectivity index (χ4n) is 2.85. The molecule has 2 aromatic carbocycles. The largest absolute Gasteiger partial charge is 0.450 e. The molecule has 0 aliphatic heterocycles. The molecular weight excluding hydrogens is 396 g/mol. The highest BCUT2D eigenvalue weighted by molar-refractivity contribution is 7.99. The molecule has 2 heterocycles. The summed E-state index contributed by atoms with van der Waals surface area (Å²) in [7, 11) is 0. The molecule has 148 valence electrons. The molecule has 0 aliphatic rings. The molecular formula is C23H18N4O2S. The topological polar surface area (TPSA) is 94.7 Å². The number of carbonyl (C=O) groups is 1. The molecule has 2 aromatic heterocycles. The lowest BCUT2D eigenvalue weighted by Crippen LogP contribution is -2.13. The molecule has 0 atom stereocenters. The van der Waals surface area contributed by atoms with Crippen molar-refractivity contribution < 1.29 is 9.21 Å². The van der Waals surface area contributed by atoms with E-state index in [-0.39, 0.29) is 5.57 Å². The van der Waals surface area contributed by atoms with Crippen molar-refractivity contribution in [3.05, 3.63) is 77.1 Å². The lowest BCUT2D eigenvalue weighted by molar-refractivity contribution is -0.112. The number of hydrogen-bond donors (Lipinski definition) is 2. The second-order valence-electron chi connectivity index (χ2n) is 6.74. The number of para-hydroxylation sites is 2. The molecule has 0 fully saturated rings. The van der Waals surface area contributed by atoms with E-state index in [0.29, 0.717) is 21.7 Å². The zero-order valence-corrected chi connectivity index (χ0v) is 17.2. The molecule has 0 radical (unpaired) electrons. The Morgan fingerprint density at radius 3 is 2.77 bits per heavy atom. The molecule has 2 N–H and O–H groups in total. The summed E-state index contributed by atoms with van der Waals surface area (Å²) in [5, 5.41) is 13.5. The molecule has 0 aliphatic carbocycles. The minimum Gasteiger partial charge on any atom is -0.450 e. The van der Waals surface area contributed by atoms with Gasteiger partial charge in [-0.25, -0.2) is 4.98 Å². The van der Waals surface area contributed by atoms with Crippen molar-refractivity contribution in [1.29, 1.82) is 5.26 Å². The molecule has 6 nitrogen and oxygen atoms in total. The van der Waals surface area contributed by atoms with Gasteiger partial charge in [0, 0.05) is 11.8 Å². The van der Waals surface area contributed by atoms with Crippen LogP contribution in [0.3, 0.4) is 0 Å². The Morgan fingerprint density at radius 2 is 2.00 bits per heavy atom. The van der Waals surface area contributed by atoms with Crippen LogP contribution in [0, 0.1) is 25.2 Å². The number of H-pyrrole nitrogens is 1. The van der Waals surface area contributed by atoms with Gasteiger partial charge in [-0.2, -0.15) is 5.26 Å². The van der Waals surface area contributed by atoms with Crippen LogP contribution in [-0.2, 0) is 4.79 Å². The van der Waals surface area contributed by atoms with Crippen LogP contribution < -0.4 is 5.32 Å². The SMILES string of the molecule is Cc1ccc(NC(=O)/C(C#N)=C\c2ccc(Sc3nc4ccccc4[nH]3)o2)cc1C. The van der Waals surface area contributed by atoms with Crippen molar-refractivity contribution in [3.8, 4) is 6.07 Å². The van der Waals surface area contributed by atoms with E-state index in [4.69, 9.17) is 4.42 Å². The number of rotatable bonds is 5. The van der Waals surface area contributed by atoms with Crippen molar-refractivity contribution in [3.63, 3.8) is 0 Å². The first-order valence-corrected chi connectivity index (χ1v) is 10.1. The minimum absolute atomic E-state index is 0.0390. The van der Waals surface area contributed by atoms with Crippen LogP contribution in [0.25, 0.3) is 17.1 Å². The summed E-state index contributed by atoms with van der Waals surface area (Å²) in [5.74, 6) is -0.0657. The maximum Gasteiger partial charge on any atom is 0.266 e. The van der Waals surface area contributed by atoms with Gasteiger partial charge in [-0.3, -0.25) is 4.79 Å². The van der Waals surface area contributed by atoms with E-state index >= 15 is 0 Å². The number of carbonyl (C=O) groups excluding carboxylic acids is 1. The Morgan fingerprint density at radius 1 is 1.17 bits per heavy atom. The van der Waals surface area contributed by atoms with Crippen LogP contribution in [0.1, 0.15) is 16.9 Å². The number of anilines is 1. The van der Waals surface area contributed by atoms with Crippen molar-refractivity contribution in [1.82, 2.24) is 9.97 Å². The summed E-state index contributed by atoms with van der Waals surface area (Å²) >= 11 is 1.34. The molecule has 7 heteroatoms. The average molecular weight is 414 g/mol. The van der Waals surface area contributed by atoms with Gasteiger partial charge < -0.3 is 14.7 Å². The van der Waals surface area contributed by atoms with Gasteiger partial charge >= 0.3 is 0 Å². The Kier molecular flexibility index (Phi) is 5.42. The third kappa shape index (κ3) is 4.29. The minimum atomic E-state index is -0.483. The number of nitrogens with one attached hydrogen (secondary N) is 2. The predicted octanol–water partition coefficient (Wildman–Crippen LogP) is 5.47. The Balaban J connectivity index is 1.48. The summed E-state index contributed by atoms with van der Waals surface area (Å²) in [6.45, 7) is 3.97. The normalized spacial score (nSPS) is 11.4. The van der Waals surface area contributed by atoms with Crippen molar-refractivity contribution in [2.75, 3.05) is 5.32 Å². The van der Waals surface area contributed by atoms with Gasteiger partial charge in [0.2, 0.25) is 0 Å². The Bertz CT molecular complexity index is 1280. The quantitative estimate of drug-likeness (QED) is 0.333. The molecule has 0 bridgehead atoms. The summed E-state index contributed by atoms with van der Waals surface area (Å²) in [5.41, 5.74) is 4.62. The predicted molar refractivity (Wildman–Crippen MR) is 117 cm³/mol. The molecule has 4 aromatic rings. The summed E-state index contributed by atoms with van der Waals surface area (Å²) < 4.78 is 5.75. The van der Waals surface area contributed by atoms with Gasteiger partial charge in [-0.05, 0) is 73.1 Å². The summed E-state index contributed by atoms with van der Waals surface area (Å²) in [6.07, 6.45) is 1.43. The second-order valence-corrected chi connectivity index (χ2v) is 7.73. The number of fused-ring (bicyclic) bond motifs is 1. The standard InChI is InChI=1S/C23H18N4O2S/c1-14-7-8-17(11-15(14)2)25-22(28)16(13-24)12-18-9-10-21(29-18)30-23-26-19-5-3-4-6-20(19)27-23/h3-12H,1-2H3,(H,25,28)(H,26,27)/b16-12-. The fraction of sp³-hybridized carbons (Fsp3) is 0.0870. The Hall–Kier alpha value is -3.76. The van der Waals surface area contributed by atoms with Gasteiger partial charge in [0.05, 0.1) is 11.0 Å². The number of nitriles is 1. The van der Waals surface area contributed by atoms with Crippen LogP contribution in [0.15, 0.2) is 74.8 Å². The molecule has 30 heavy (non-hydrogen) atoms. The molecule has 0 unspecified atom stereocenters. The summed E-state index contributed by atoms with van der Waals surface area (Å²) in [4.78, 5) is 20.2. The van der Waals surface area contributed by atoms with Crippen LogP contribution in [-0.4, -0.2) is 15.9 Å². The van der Waals surface area contributed by atoms with Crippen molar-refractivity contribution in [2.24, 2.45) is 0 Å². The van der Waals surface area contributed by atoms with Crippen molar-refractivity contribution >= 4 is 40.5 Å². The van der Waals surface area contributed by atoms with E-state index in [0.717, 1.165) is 22.2 Å². The second kappa shape index (κ2) is 8.31. The van der Waals surface area contributed by atoms with Gasteiger partial charge in [0.1, 0.15) is 17.4 Å². The first-order chi connectivity index (χ1) is 14.5. The maximum absolute atomic E-state index is 12.5. The zero-order valence-electron chi connectivity index (χ0n) is 16.4. The van der Waals surface area contributed by atoms with E-state index in [1.54, 1.807) is 12.1 Å². The van der Waals surface area contributed by atoms with Crippen molar-refractivity contribution in [2.45, 2.75) is 24.1 Å². The third-order valence-corrected chi connectivity index (χ3v) is 5.39. The number of amides is 1. The highest BCUT2D eigenvalue weighted by Gasteiger charge is 2.12. The number of imidazole rings is 1. The van der Waals surface area contributed by atoms with Gasteiger partial charge in [0.25, 0.3) is 5.91 Å². The number of furan rings is 1. The number of hydrogen-bond acceptors (Lipinski definition) is 5. The van der Waals surface area contributed by atoms with Crippen LogP contribution in [0.5, 0.6) is 0 Å². The summed E-state index contributed by atoms with van der Waals surface area (Å²) in [6, 6.07) is 18.8. The number of aryl methyl sites for hydroxylation is 2. The van der Waals surface area contributed by atoms with E-state index < -0.39 is 5.91 Å². The molecule has 0 spiro atoms. The number of benzene rings is 2. The van der Waals surface area contributed by atoms with Gasteiger partial charge in [-0.1, -0.05) is 18.2 Å². The maximum atomic E-state index is 12.5. The first-order valence-electron chi connectivity index (χ1n) is 9.24. The number of nitrogens with zero attached hydrogens (tertiary/aromatic N) is 2. The van der Waals surface area contributed by atoms with Gasteiger partial charge in [-0.15, -0.1) is 0 Å². The lowest BCUT2D eigenvalue weighted by atomic mass is 10.1. The fourth-order valence-corrected chi connectivity index (χ4v) is 3.62. The van der Waals surface area contributed by atoms with Crippen LogP contribution in [0.2, 0.25) is 0 Å². The number of aromatic amines is 1. The van der Waals surface area contributed by atoms with E-state index in [1.807, 2.05) is 62.4 Å². The molecule has 4 rings (SSSR count). The highest BCUT2D eigenvalue weighted by Crippen LogP contribution is 2.29. The van der Waals surface area contributed by atoms with E-state index in [9.17, 15) is 10.1 Å². The van der Waals surface area contributed by atoms with Crippen LogP contribution >= 0.6 is 11.8 Å².